The largest absolute Gasteiger partial charge is 0.402 e. The van der Waals surface area contributed by atoms with E-state index in [-0.39, 0.29) is 0 Å². The van der Waals surface area contributed by atoms with Gasteiger partial charge in [0.15, 0.2) is 0 Å². The molecule has 0 fully saturated rings. The highest BCUT2D eigenvalue weighted by Gasteiger charge is 1.93. The van der Waals surface area contributed by atoms with Crippen molar-refractivity contribution in [1.29, 1.82) is 0 Å². The molecule has 0 aliphatic carbocycles. The van der Waals surface area contributed by atoms with Gasteiger partial charge in [-0.3, -0.25) is 0 Å². The van der Waals surface area contributed by atoms with Crippen LogP contribution in [0.4, 0.5) is 0 Å². The van der Waals surface area contributed by atoms with Crippen molar-refractivity contribution >= 4 is 0 Å². The number of hydrogen-bond acceptors (Lipinski definition) is 1. The number of allylic oxidation sites excluding steroid dienone is 5. The van der Waals surface area contributed by atoms with Crippen LogP contribution in [0.1, 0.15) is 27.2 Å². The Labute approximate surface area is 75.7 Å². The maximum atomic E-state index is 5.46. The summed E-state index contributed by atoms with van der Waals surface area (Å²) in [6, 6.07) is 0. The molecule has 1 heteroatoms. The molecule has 0 saturated carbocycles. The van der Waals surface area contributed by atoms with Gasteiger partial charge in [-0.25, -0.2) is 0 Å². The lowest BCUT2D eigenvalue weighted by Crippen LogP contribution is -1.89. The summed E-state index contributed by atoms with van der Waals surface area (Å²) in [4.78, 5) is 0. The van der Waals surface area contributed by atoms with Crippen LogP contribution < -0.4 is 5.73 Å². The van der Waals surface area contributed by atoms with Gasteiger partial charge in [-0.05, 0) is 25.3 Å². The molecule has 0 unspecified atom stereocenters. The van der Waals surface area contributed by atoms with Gasteiger partial charge in [0.1, 0.15) is 0 Å². The number of nitrogens with two attached hydrogens (primary N) is 1. The molecule has 0 amide bonds. The Morgan fingerprint density at radius 3 is 2.50 bits per heavy atom. The zero-order chi connectivity index (χ0) is 9.56. The summed E-state index contributed by atoms with van der Waals surface area (Å²) in [5.74, 6) is 0.671. The van der Waals surface area contributed by atoms with E-state index >= 15 is 0 Å². The molecule has 1 nitrogen and oxygen atoms in total. The second-order valence-corrected chi connectivity index (χ2v) is 3.53. The van der Waals surface area contributed by atoms with E-state index in [1.165, 1.54) is 0 Å². The van der Waals surface area contributed by atoms with Gasteiger partial charge in [0.2, 0.25) is 0 Å². The highest BCUT2D eigenvalue weighted by atomic mass is 14.5. The Hall–Kier alpha value is -0.980. The normalized spacial score (nSPS) is 12.8. The Bertz CT molecular complexity index is 193. The fourth-order valence-corrected chi connectivity index (χ4v) is 0.928. The van der Waals surface area contributed by atoms with Gasteiger partial charge in [-0.1, -0.05) is 38.2 Å². The summed E-state index contributed by atoms with van der Waals surface area (Å²) in [5, 5.41) is 0. The van der Waals surface area contributed by atoms with Crippen LogP contribution in [-0.4, -0.2) is 0 Å². The summed E-state index contributed by atoms with van der Waals surface area (Å²) in [5.41, 5.74) is 7.44. The third kappa shape index (κ3) is 7.13. The first-order valence-corrected chi connectivity index (χ1v) is 4.30. The number of rotatable bonds is 4. The lowest BCUT2D eigenvalue weighted by molar-refractivity contribution is 0.651. The van der Waals surface area contributed by atoms with Crippen LogP contribution >= 0.6 is 0 Å². The molecule has 2 N–H and O–H groups in total. The van der Waals surface area contributed by atoms with Crippen molar-refractivity contribution in [2.24, 2.45) is 11.7 Å². The third-order valence-corrected chi connectivity index (χ3v) is 1.36. The van der Waals surface area contributed by atoms with Crippen LogP contribution in [0.2, 0.25) is 0 Å². The van der Waals surface area contributed by atoms with E-state index in [1.807, 2.05) is 25.2 Å². The lowest BCUT2D eigenvalue weighted by Gasteiger charge is -2.02. The van der Waals surface area contributed by atoms with Crippen LogP contribution in [-0.2, 0) is 0 Å². The van der Waals surface area contributed by atoms with E-state index in [2.05, 4.69) is 20.4 Å². The van der Waals surface area contributed by atoms with E-state index in [0.717, 1.165) is 17.7 Å². The van der Waals surface area contributed by atoms with E-state index in [0.29, 0.717) is 5.92 Å². The standard InChI is InChI=1S/C11H19N/c1-9(2)8-10(3)6-5-7-11(4)12/h5-7,9H,3,8,12H2,1-2,4H3/b6-5-,11-7+. The minimum absolute atomic E-state index is 0.671. The molecule has 12 heavy (non-hydrogen) atoms. The van der Waals surface area contributed by atoms with Gasteiger partial charge in [-0.2, -0.15) is 0 Å². The van der Waals surface area contributed by atoms with Crippen LogP contribution in [0.3, 0.4) is 0 Å². The molecule has 0 rings (SSSR count). The summed E-state index contributed by atoms with van der Waals surface area (Å²) in [7, 11) is 0. The molecule has 0 aromatic heterocycles. The zero-order valence-corrected chi connectivity index (χ0v) is 8.30. The molecule has 0 bridgehead atoms. The van der Waals surface area contributed by atoms with Crippen molar-refractivity contribution in [3.8, 4) is 0 Å². The topological polar surface area (TPSA) is 26.0 Å². The second kappa shape index (κ2) is 5.64. The fourth-order valence-electron chi connectivity index (χ4n) is 0.928. The molecule has 0 radical (unpaired) electrons. The smallest absolute Gasteiger partial charge is 0.00488 e. The molecule has 0 aromatic rings. The zero-order valence-electron chi connectivity index (χ0n) is 8.30. The summed E-state index contributed by atoms with van der Waals surface area (Å²) >= 11 is 0. The third-order valence-electron chi connectivity index (χ3n) is 1.36. The van der Waals surface area contributed by atoms with Crippen LogP contribution in [0, 0.1) is 5.92 Å². The molecule has 0 aromatic carbocycles. The predicted octanol–water partition coefficient (Wildman–Crippen LogP) is 3.01. The summed E-state index contributed by atoms with van der Waals surface area (Å²) < 4.78 is 0. The highest BCUT2D eigenvalue weighted by molar-refractivity contribution is 5.20. The van der Waals surface area contributed by atoms with Gasteiger partial charge in [0, 0.05) is 5.70 Å². The fraction of sp³-hybridized carbons (Fsp3) is 0.455. The second-order valence-electron chi connectivity index (χ2n) is 3.53. The first-order valence-electron chi connectivity index (χ1n) is 4.30. The molecule has 0 aliphatic heterocycles. The van der Waals surface area contributed by atoms with Crippen molar-refractivity contribution in [2.75, 3.05) is 0 Å². The van der Waals surface area contributed by atoms with Crippen molar-refractivity contribution in [3.63, 3.8) is 0 Å². The SMILES string of the molecule is C=C(/C=C\C=C(/C)N)CC(C)C. The van der Waals surface area contributed by atoms with E-state index in [1.54, 1.807) is 0 Å². The minimum Gasteiger partial charge on any atom is -0.402 e. The highest BCUT2D eigenvalue weighted by Crippen LogP contribution is 2.09. The monoisotopic (exact) mass is 165 g/mol. The van der Waals surface area contributed by atoms with Crippen molar-refractivity contribution < 1.29 is 0 Å². The Balaban J connectivity index is 3.84. The Morgan fingerprint density at radius 2 is 2.08 bits per heavy atom. The van der Waals surface area contributed by atoms with Crippen LogP contribution in [0.25, 0.3) is 0 Å². The summed E-state index contributed by atoms with van der Waals surface area (Å²) in [6.07, 6.45) is 6.88. The average molecular weight is 165 g/mol. The number of hydrogen-bond donors (Lipinski definition) is 1. The Morgan fingerprint density at radius 1 is 1.50 bits per heavy atom. The molecule has 0 saturated heterocycles. The summed E-state index contributed by atoms with van der Waals surface area (Å²) in [6.45, 7) is 10.2. The maximum Gasteiger partial charge on any atom is 0.00488 e. The van der Waals surface area contributed by atoms with E-state index in [4.69, 9.17) is 5.73 Å². The van der Waals surface area contributed by atoms with E-state index in [9.17, 15) is 0 Å². The minimum atomic E-state index is 0.671. The first-order chi connectivity index (χ1) is 5.52. The lowest BCUT2D eigenvalue weighted by atomic mass is 10.0. The first kappa shape index (κ1) is 11.0. The van der Waals surface area contributed by atoms with Gasteiger partial charge in [0.05, 0.1) is 0 Å². The van der Waals surface area contributed by atoms with Crippen LogP contribution in [0.5, 0.6) is 0 Å². The molecule has 0 heterocycles. The van der Waals surface area contributed by atoms with Gasteiger partial charge in [0.25, 0.3) is 0 Å². The Kier molecular flexibility index (Phi) is 5.18. The van der Waals surface area contributed by atoms with Crippen molar-refractivity contribution in [2.45, 2.75) is 27.2 Å². The average Bonchev–Trinajstić information content (AvgIpc) is 1.84. The molecular weight excluding hydrogens is 146 g/mol. The van der Waals surface area contributed by atoms with Crippen LogP contribution in [0.15, 0.2) is 36.1 Å². The van der Waals surface area contributed by atoms with Crippen molar-refractivity contribution in [3.05, 3.63) is 36.1 Å². The van der Waals surface area contributed by atoms with Gasteiger partial charge in [-0.15, -0.1) is 0 Å². The molecule has 0 spiro atoms. The quantitative estimate of drug-likeness (QED) is 0.637. The molecular formula is C11H19N. The maximum absolute atomic E-state index is 5.46. The molecule has 0 aliphatic rings. The molecule has 0 atom stereocenters. The van der Waals surface area contributed by atoms with Gasteiger partial charge < -0.3 is 5.73 Å². The van der Waals surface area contributed by atoms with Gasteiger partial charge >= 0.3 is 0 Å². The van der Waals surface area contributed by atoms with Crippen molar-refractivity contribution in [1.82, 2.24) is 0 Å². The van der Waals surface area contributed by atoms with E-state index < -0.39 is 0 Å². The molecule has 68 valence electrons. The predicted molar refractivity (Wildman–Crippen MR) is 55.7 cm³/mol.